The fourth-order valence-electron chi connectivity index (χ4n) is 3.98. The smallest absolute Gasteiger partial charge is 0.320 e. The molecule has 29 heavy (non-hydrogen) atoms. The van der Waals surface area contributed by atoms with Crippen LogP contribution < -0.4 is 10.6 Å². The molecule has 1 atom stereocenters. The topological polar surface area (TPSA) is 86.5 Å². The van der Waals surface area contributed by atoms with Crippen LogP contribution in [0.15, 0.2) is 16.5 Å². The van der Waals surface area contributed by atoms with Crippen LogP contribution in [0.4, 0.5) is 11.7 Å². The Morgan fingerprint density at radius 1 is 1.24 bits per heavy atom. The Morgan fingerprint density at radius 3 is 2.69 bits per heavy atom. The molecular weight excluding hydrogens is 413 g/mol. The van der Waals surface area contributed by atoms with Gasteiger partial charge in [-0.2, -0.15) is 0 Å². The van der Waals surface area contributed by atoms with Gasteiger partial charge in [-0.1, -0.05) is 11.2 Å². The lowest BCUT2D eigenvalue weighted by Gasteiger charge is -2.32. The molecule has 7 nitrogen and oxygen atoms in total. The lowest BCUT2D eigenvalue weighted by molar-refractivity contribution is 0.0651. The molecule has 2 heterocycles. The van der Waals surface area contributed by atoms with Crippen LogP contribution in [-0.2, 0) is 6.54 Å². The van der Waals surface area contributed by atoms with Gasteiger partial charge in [0.1, 0.15) is 0 Å². The highest BCUT2D eigenvalue weighted by Gasteiger charge is 2.33. The second-order valence-corrected chi connectivity index (χ2v) is 8.08. The number of hydrogen-bond acceptors (Lipinski definition) is 7. The van der Waals surface area contributed by atoms with Crippen LogP contribution in [-0.4, -0.2) is 52.0 Å². The van der Waals surface area contributed by atoms with Crippen molar-refractivity contribution in [2.24, 2.45) is 0 Å². The molecule has 9 heteroatoms. The minimum Gasteiger partial charge on any atom is -0.408 e. The second kappa shape index (κ2) is 10.1. The number of aromatic nitrogens is 2. The molecule has 1 saturated heterocycles. The number of hydrogen-bond donors (Lipinski definition) is 3. The molecule has 1 saturated carbocycles. The normalized spacial score (nSPS) is 24.2. The van der Waals surface area contributed by atoms with E-state index in [9.17, 15) is 5.11 Å². The summed E-state index contributed by atoms with van der Waals surface area (Å²) >= 11 is 0. The summed E-state index contributed by atoms with van der Waals surface area (Å²) in [5, 5.41) is 24.5. The summed E-state index contributed by atoms with van der Waals surface area (Å²) in [6.45, 7) is 10.6. The van der Waals surface area contributed by atoms with Gasteiger partial charge < -0.3 is 20.2 Å². The Balaban J connectivity index is 0.00000150. The molecular formula is C20H31Cl2N5O2. The van der Waals surface area contributed by atoms with Gasteiger partial charge in [0.2, 0.25) is 5.89 Å². The van der Waals surface area contributed by atoms with Gasteiger partial charge in [-0.3, -0.25) is 4.90 Å². The van der Waals surface area contributed by atoms with Crippen LogP contribution in [0.1, 0.15) is 48.3 Å². The standard InChI is InChI=1S/C20H29N5O2.2ClH/c1-12-6-16(11-25-5-4-21-13(2)10-25)14(3)18(7-12)22-20-24-23-19(27-20)15-8-17(26)9-15;;/h6-7,13,15,17,21,26H,4-5,8-11H2,1-3H3,(H,22,24);2*1H/t13-,15?,17?;;/m0../s1. The highest BCUT2D eigenvalue weighted by Crippen LogP contribution is 2.36. The number of rotatable bonds is 5. The Kier molecular flexibility index (Phi) is 8.31. The Hall–Kier alpha value is -1.38. The van der Waals surface area contributed by atoms with Crippen molar-refractivity contribution in [3.8, 4) is 0 Å². The number of aliphatic hydroxyl groups is 1. The van der Waals surface area contributed by atoms with E-state index < -0.39 is 0 Å². The van der Waals surface area contributed by atoms with Crippen molar-refractivity contribution in [1.82, 2.24) is 20.4 Å². The van der Waals surface area contributed by atoms with Crippen LogP contribution in [0.2, 0.25) is 0 Å². The first-order valence-electron chi connectivity index (χ1n) is 9.82. The van der Waals surface area contributed by atoms with Crippen LogP contribution in [0.25, 0.3) is 0 Å². The number of aryl methyl sites for hydroxylation is 1. The molecule has 1 aliphatic heterocycles. The van der Waals surface area contributed by atoms with Crippen molar-refractivity contribution < 1.29 is 9.52 Å². The summed E-state index contributed by atoms with van der Waals surface area (Å²) in [6, 6.07) is 5.34. The van der Waals surface area contributed by atoms with E-state index in [2.05, 4.69) is 58.6 Å². The van der Waals surface area contributed by atoms with E-state index in [-0.39, 0.29) is 36.8 Å². The molecule has 2 aromatic rings. The summed E-state index contributed by atoms with van der Waals surface area (Å²) in [4.78, 5) is 2.50. The first-order valence-corrected chi connectivity index (χ1v) is 9.82. The average Bonchev–Trinajstić information content (AvgIpc) is 3.04. The third kappa shape index (κ3) is 5.61. The van der Waals surface area contributed by atoms with Crippen molar-refractivity contribution in [1.29, 1.82) is 0 Å². The van der Waals surface area contributed by atoms with Crippen molar-refractivity contribution >= 4 is 36.5 Å². The fraction of sp³-hybridized carbons (Fsp3) is 0.600. The van der Waals surface area contributed by atoms with Crippen LogP contribution in [0.3, 0.4) is 0 Å². The predicted octanol–water partition coefficient (Wildman–Crippen LogP) is 3.31. The predicted molar refractivity (Wildman–Crippen MR) is 119 cm³/mol. The molecule has 4 rings (SSSR count). The monoisotopic (exact) mass is 443 g/mol. The quantitative estimate of drug-likeness (QED) is 0.653. The van der Waals surface area contributed by atoms with E-state index in [4.69, 9.17) is 4.42 Å². The van der Waals surface area contributed by atoms with Crippen molar-refractivity contribution in [2.45, 2.75) is 58.2 Å². The molecule has 0 bridgehead atoms. The van der Waals surface area contributed by atoms with Crippen LogP contribution in [0.5, 0.6) is 0 Å². The molecule has 0 amide bonds. The van der Waals surface area contributed by atoms with E-state index in [1.165, 1.54) is 16.7 Å². The Bertz CT molecular complexity index is 810. The minimum atomic E-state index is -0.229. The lowest BCUT2D eigenvalue weighted by Crippen LogP contribution is -2.48. The van der Waals surface area contributed by atoms with Gasteiger partial charge in [0.15, 0.2) is 0 Å². The molecule has 3 N–H and O–H groups in total. The summed E-state index contributed by atoms with van der Waals surface area (Å²) in [5.41, 5.74) is 4.76. The molecule has 2 fully saturated rings. The molecule has 0 spiro atoms. The van der Waals surface area contributed by atoms with Gasteiger partial charge in [0.25, 0.3) is 0 Å². The maximum Gasteiger partial charge on any atom is 0.320 e. The van der Waals surface area contributed by atoms with E-state index in [1.807, 2.05) is 0 Å². The maximum absolute atomic E-state index is 9.46. The van der Waals surface area contributed by atoms with Gasteiger partial charge in [-0.15, -0.1) is 29.9 Å². The number of aliphatic hydroxyl groups excluding tert-OH is 1. The summed E-state index contributed by atoms with van der Waals surface area (Å²) < 4.78 is 5.78. The van der Waals surface area contributed by atoms with E-state index >= 15 is 0 Å². The van der Waals surface area contributed by atoms with E-state index in [1.54, 1.807) is 0 Å². The number of piperazine rings is 1. The lowest BCUT2D eigenvalue weighted by atomic mass is 9.82. The summed E-state index contributed by atoms with van der Waals surface area (Å²) in [5.74, 6) is 0.801. The number of nitrogens with one attached hydrogen (secondary N) is 2. The number of halogens is 2. The first-order chi connectivity index (χ1) is 13.0. The third-order valence-electron chi connectivity index (χ3n) is 5.65. The average molecular weight is 444 g/mol. The zero-order chi connectivity index (χ0) is 19.0. The van der Waals surface area contributed by atoms with Crippen molar-refractivity contribution in [2.75, 3.05) is 25.0 Å². The molecule has 1 aromatic carbocycles. The first kappa shape index (κ1) is 23.9. The minimum absolute atomic E-state index is 0. The Labute approximate surface area is 184 Å². The Morgan fingerprint density at radius 2 is 2.00 bits per heavy atom. The zero-order valence-electron chi connectivity index (χ0n) is 17.1. The van der Waals surface area contributed by atoms with Gasteiger partial charge >= 0.3 is 6.01 Å². The molecule has 1 aliphatic carbocycles. The van der Waals surface area contributed by atoms with E-state index in [0.717, 1.165) is 31.9 Å². The highest BCUT2D eigenvalue weighted by molar-refractivity contribution is 5.85. The zero-order valence-corrected chi connectivity index (χ0v) is 18.8. The van der Waals surface area contributed by atoms with Crippen molar-refractivity contribution in [3.05, 3.63) is 34.7 Å². The molecule has 0 unspecified atom stereocenters. The summed E-state index contributed by atoms with van der Waals surface area (Å²) in [6.07, 6.45) is 1.18. The number of anilines is 2. The van der Waals surface area contributed by atoms with Gasteiger partial charge in [0.05, 0.1) is 6.10 Å². The number of benzene rings is 1. The third-order valence-corrected chi connectivity index (χ3v) is 5.65. The number of nitrogens with zero attached hydrogens (tertiary/aromatic N) is 3. The van der Waals surface area contributed by atoms with Crippen LogP contribution >= 0.6 is 24.8 Å². The van der Waals surface area contributed by atoms with Gasteiger partial charge in [-0.05, 0) is 56.4 Å². The fourth-order valence-corrected chi connectivity index (χ4v) is 3.98. The second-order valence-electron chi connectivity index (χ2n) is 8.08. The molecule has 1 aromatic heterocycles. The summed E-state index contributed by atoms with van der Waals surface area (Å²) in [7, 11) is 0. The molecule has 162 valence electrons. The van der Waals surface area contributed by atoms with Crippen molar-refractivity contribution in [3.63, 3.8) is 0 Å². The molecule has 2 aliphatic rings. The van der Waals surface area contributed by atoms with E-state index in [0.29, 0.717) is 30.8 Å². The van der Waals surface area contributed by atoms with Gasteiger partial charge in [0, 0.05) is 43.8 Å². The molecule has 0 radical (unpaired) electrons. The SMILES string of the molecule is Cc1cc(CN2CCN[C@@H](C)C2)c(C)c(Nc2nnc(C3CC(O)C3)o2)c1.Cl.Cl. The van der Waals surface area contributed by atoms with Crippen LogP contribution in [0, 0.1) is 13.8 Å². The highest BCUT2D eigenvalue weighted by atomic mass is 35.5. The maximum atomic E-state index is 9.46. The van der Waals surface area contributed by atoms with Gasteiger partial charge in [-0.25, -0.2) is 0 Å². The largest absolute Gasteiger partial charge is 0.408 e.